The largest absolute Gasteiger partial charge is 0.389 e. The molecule has 1 aromatic rings. The van der Waals surface area contributed by atoms with Crippen molar-refractivity contribution < 1.29 is 13.2 Å². The fourth-order valence-electron chi connectivity index (χ4n) is 1.24. The highest BCUT2D eigenvalue weighted by atomic mass is 35.5. The van der Waals surface area contributed by atoms with E-state index in [0.717, 1.165) is 11.1 Å². The van der Waals surface area contributed by atoms with E-state index in [1.807, 2.05) is 0 Å². The minimum absolute atomic E-state index is 0.00624. The lowest BCUT2D eigenvalue weighted by Crippen LogP contribution is -2.12. The summed E-state index contributed by atoms with van der Waals surface area (Å²) in [5.74, 6) is 0.481. The third kappa shape index (κ3) is 4.38. The predicted molar refractivity (Wildman–Crippen MR) is 60.3 cm³/mol. The van der Waals surface area contributed by atoms with Crippen molar-refractivity contribution in [1.29, 1.82) is 0 Å². The van der Waals surface area contributed by atoms with E-state index in [0.29, 0.717) is 11.0 Å². The van der Waals surface area contributed by atoms with Crippen molar-refractivity contribution in [3.8, 4) is 0 Å². The number of anilines is 1. The van der Waals surface area contributed by atoms with Gasteiger partial charge in [-0.15, -0.1) is 10.2 Å². The van der Waals surface area contributed by atoms with Gasteiger partial charge in [0.1, 0.15) is 0 Å². The predicted octanol–water partition coefficient (Wildman–Crippen LogP) is 3.50. The molecule has 0 aliphatic rings. The van der Waals surface area contributed by atoms with Gasteiger partial charge in [-0.3, -0.25) is 0 Å². The molecule has 0 amide bonds. The monoisotopic (exact) mass is 267 g/mol. The van der Waals surface area contributed by atoms with Crippen molar-refractivity contribution in [2.24, 2.45) is 0 Å². The van der Waals surface area contributed by atoms with E-state index in [1.54, 1.807) is 13.8 Å². The van der Waals surface area contributed by atoms with Crippen molar-refractivity contribution in [2.75, 3.05) is 11.9 Å². The first kappa shape index (κ1) is 14.0. The average Bonchev–Trinajstić information content (AvgIpc) is 2.22. The van der Waals surface area contributed by atoms with E-state index in [2.05, 4.69) is 15.5 Å². The van der Waals surface area contributed by atoms with Crippen LogP contribution in [0.2, 0.25) is 5.15 Å². The first-order chi connectivity index (χ1) is 7.81. The molecule has 0 saturated heterocycles. The summed E-state index contributed by atoms with van der Waals surface area (Å²) in [7, 11) is 0. The van der Waals surface area contributed by atoms with Crippen LogP contribution in [0, 0.1) is 13.8 Å². The summed E-state index contributed by atoms with van der Waals surface area (Å²) in [5.41, 5.74) is 1.58. The molecule has 1 heterocycles. The van der Waals surface area contributed by atoms with Crippen molar-refractivity contribution in [3.05, 3.63) is 16.3 Å². The number of halogens is 4. The summed E-state index contributed by atoms with van der Waals surface area (Å²) in [4.78, 5) is 0. The lowest BCUT2D eigenvalue weighted by atomic mass is 10.2. The Morgan fingerprint density at radius 2 is 1.82 bits per heavy atom. The lowest BCUT2D eigenvalue weighted by molar-refractivity contribution is -0.134. The van der Waals surface area contributed by atoms with E-state index < -0.39 is 12.6 Å². The third-order valence-corrected chi connectivity index (χ3v) is 2.75. The highest BCUT2D eigenvalue weighted by Crippen LogP contribution is 2.22. The molecule has 0 unspecified atom stereocenters. The van der Waals surface area contributed by atoms with Gasteiger partial charge in [0.05, 0.1) is 0 Å². The number of aromatic nitrogens is 2. The Balaban J connectivity index is 2.51. The summed E-state index contributed by atoms with van der Waals surface area (Å²) in [6.07, 6.45) is -4.91. The summed E-state index contributed by atoms with van der Waals surface area (Å²) >= 11 is 5.76. The number of nitrogens with zero attached hydrogens (tertiary/aromatic N) is 2. The van der Waals surface area contributed by atoms with Gasteiger partial charge in [0.25, 0.3) is 0 Å². The van der Waals surface area contributed by atoms with Crippen LogP contribution in [0.3, 0.4) is 0 Å². The molecule has 0 atom stereocenters. The number of rotatable bonds is 4. The highest BCUT2D eigenvalue weighted by Gasteiger charge is 2.25. The standard InChI is InChI=1S/C10H13ClF3N3/c1-6-7(2)9(17-16-8(6)11)15-5-3-4-10(12,13)14/h3-5H2,1-2H3,(H,15,17). The van der Waals surface area contributed by atoms with Gasteiger partial charge >= 0.3 is 6.18 Å². The molecule has 0 aliphatic carbocycles. The molecular weight excluding hydrogens is 255 g/mol. The smallest absolute Gasteiger partial charge is 0.368 e. The van der Waals surface area contributed by atoms with Gasteiger partial charge in [-0.2, -0.15) is 13.2 Å². The van der Waals surface area contributed by atoms with E-state index in [9.17, 15) is 13.2 Å². The van der Waals surface area contributed by atoms with E-state index >= 15 is 0 Å². The molecule has 0 bridgehead atoms. The molecule has 1 rings (SSSR count). The average molecular weight is 268 g/mol. The Hall–Kier alpha value is -1.04. The SMILES string of the molecule is Cc1c(Cl)nnc(NCCCC(F)(F)F)c1C. The highest BCUT2D eigenvalue weighted by molar-refractivity contribution is 6.30. The molecule has 0 aromatic carbocycles. The van der Waals surface area contributed by atoms with Crippen LogP contribution < -0.4 is 5.32 Å². The first-order valence-corrected chi connectivity index (χ1v) is 5.49. The van der Waals surface area contributed by atoms with Gasteiger partial charge in [-0.25, -0.2) is 0 Å². The van der Waals surface area contributed by atoms with Crippen molar-refractivity contribution in [1.82, 2.24) is 10.2 Å². The van der Waals surface area contributed by atoms with Crippen LogP contribution in [0.4, 0.5) is 19.0 Å². The van der Waals surface area contributed by atoms with Crippen molar-refractivity contribution in [2.45, 2.75) is 32.9 Å². The van der Waals surface area contributed by atoms with Crippen molar-refractivity contribution in [3.63, 3.8) is 0 Å². The van der Waals surface area contributed by atoms with Crippen LogP contribution in [0.15, 0.2) is 0 Å². The van der Waals surface area contributed by atoms with Crippen LogP contribution in [-0.4, -0.2) is 22.9 Å². The maximum absolute atomic E-state index is 11.9. The molecule has 0 spiro atoms. The molecule has 0 saturated carbocycles. The zero-order valence-electron chi connectivity index (χ0n) is 9.53. The number of hydrogen-bond acceptors (Lipinski definition) is 3. The van der Waals surface area contributed by atoms with Crippen LogP contribution in [0.5, 0.6) is 0 Å². The maximum Gasteiger partial charge on any atom is 0.389 e. The Kier molecular flexibility index (Phi) is 4.56. The molecule has 1 aromatic heterocycles. The minimum Gasteiger partial charge on any atom is -0.368 e. The fourth-order valence-corrected chi connectivity index (χ4v) is 1.42. The summed E-state index contributed by atoms with van der Waals surface area (Å²) < 4.78 is 35.7. The van der Waals surface area contributed by atoms with Gasteiger partial charge in [-0.05, 0) is 31.4 Å². The molecule has 3 nitrogen and oxygen atoms in total. The maximum atomic E-state index is 11.9. The van der Waals surface area contributed by atoms with Gasteiger partial charge in [0.15, 0.2) is 11.0 Å². The van der Waals surface area contributed by atoms with Gasteiger partial charge < -0.3 is 5.32 Å². The van der Waals surface area contributed by atoms with Crippen LogP contribution in [0.1, 0.15) is 24.0 Å². The zero-order chi connectivity index (χ0) is 13.1. The quantitative estimate of drug-likeness (QED) is 0.849. The van der Waals surface area contributed by atoms with E-state index in [1.165, 1.54) is 0 Å². The van der Waals surface area contributed by atoms with E-state index in [-0.39, 0.29) is 13.0 Å². The lowest BCUT2D eigenvalue weighted by Gasteiger charge is -2.11. The molecular formula is C10H13ClF3N3. The zero-order valence-corrected chi connectivity index (χ0v) is 10.3. The molecule has 96 valence electrons. The van der Waals surface area contributed by atoms with Crippen molar-refractivity contribution >= 4 is 17.4 Å². The number of hydrogen-bond donors (Lipinski definition) is 1. The second-order valence-corrected chi connectivity index (χ2v) is 4.09. The summed E-state index contributed by atoms with van der Waals surface area (Å²) in [6.45, 7) is 3.78. The molecule has 0 aliphatic heterocycles. The van der Waals surface area contributed by atoms with Gasteiger partial charge in [-0.1, -0.05) is 11.6 Å². The number of alkyl halides is 3. The Morgan fingerprint density at radius 3 is 2.41 bits per heavy atom. The van der Waals surface area contributed by atoms with E-state index in [4.69, 9.17) is 11.6 Å². The third-order valence-electron chi connectivity index (χ3n) is 2.39. The molecule has 0 radical (unpaired) electrons. The normalized spacial score (nSPS) is 11.6. The molecule has 0 fully saturated rings. The first-order valence-electron chi connectivity index (χ1n) is 5.11. The fraction of sp³-hybridized carbons (Fsp3) is 0.600. The van der Waals surface area contributed by atoms with Crippen LogP contribution in [0.25, 0.3) is 0 Å². The Labute approximate surface area is 102 Å². The summed E-state index contributed by atoms with van der Waals surface area (Å²) in [5, 5.41) is 10.6. The Morgan fingerprint density at radius 1 is 1.18 bits per heavy atom. The summed E-state index contributed by atoms with van der Waals surface area (Å²) in [6, 6.07) is 0. The van der Waals surface area contributed by atoms with Crippen LogP contribution in [-0.2, 0) is 0 Å². The second kappa shape index (κ2) is 5.53. The number of nitrogens with one attached hydrogen (secondary N) is 1. The minimum atomic E-state index is -4.11. The Bertz CT molecular complexity index is 393. The molecule has 7 heteroatoms. The van der Waals surface area contributed by atoms with Gasteiger partial charge in [0, 0.05) is 13.0 Å². The topological polar surface area (TPSA) is 37.8 Å². The molecule has 1 N–H and O–H groups in total. The second-order valence-electron chi connectivity index (χ2n) is 3.73. The van der Waals surface area contributed by atoms with Gasteiger partial charge in [0.2, 0.25) is 0 Å². The van der Waals surface area contributed by atoms with Crippen LogP contribution >= 0.6 is 11.6 Å². The molecule has 17 heavy (non-hydrogen) atoms.